The van der Waals surface area contributed by atoms with E-state index in [1.807, 2.05) is 26.0 Å². The van der Waals surface area contributed by atoms with Crippen molar-refractivity contribution in [1.29, 1.82) is 0 Å². The molecular formula is C15H20O3S. The summed E-state index contributed by atoms with van der Waals surface area (Å²) in [5.74, 6) is 0.189. The van der Waals surface area contributed by atoms with E-state index in [1.165, 1.54) is 22.9 Å². The monoisotopic (exact) mass is 280 g/mol. The average Bonchev–Trinajstić information content (AvgIpc) is 2.35. The minimum absolute atomic E-state index is 0.0815. The number of benzene rings is 1. The molecule has 0 N–H and O–H groups in total. The van der Waals surface area contributed by atoms with Crippen LogP contribution in [0, 0.1) is 13.8 Å². The number of carbonyl (C=O) groups excluding carboxylic acids is 2. The summed E-state index contributed by atoms with van der Waals surface area (Å²) in [6.07, 6.45) is 0.441. The molecule has 0 fully saturated rings. The smallest absolute Gasteiger partial charge is 0.306 e. The van der Waals surface area contributed by atoms with Crippen molar-refractivity contribution in [3.63, 3.8) is 0 Å². The second-order valence-corrected chi connectivity index (χ2v) is 5.42. The highest BCUT2D eigenvalue weighted by Crippen LogP contribution is 2.23. The average molecular weight is 280 g/mol. The molecule has 0 atom stereocenters. The molecule has 0 aromatic heterocycles. The van der Waals surface area contributed by atoms with E-state index in [1.54, 1.807) is 6.92 Å². The van der Waals surface area contributed by atoms with Crippen LogP contribution in [0.5, 0.6) is 0 Å². The number of carbonyl (C=O) groups is 2. The van der Waals surface area contributed by atoms with E-state index in [-0.39, 0.29) is 24.6 Å². The number of rotatable bonds is 7. The van der Waals surface area contributed by atoms with E-state index in [0.29, 0.717) is 12.4 Å². The second kappa shape index (κ2) is 8.00. The summed E-state index contributed by atoms with van der Waals surface area (Å²) in [7, 11) is 0. The molecule has 0 radical (unpaired) electrons. The van der Waals surface area contributed by atoms with Crippen LogP contribution in [0.25, 0.3) is 0 Å². The van der Waals surface area contributed by atoms with Crippen molar-refractivity contribution in [3.8, 4) is 0 Å². The Hall–Kier alpha value is -1.29. The summed E-state index contributed by atoms with van der Waals surface area (Å²) in [5.41, 5.74) is 2.40. The molecule has 3 nitrogen and oxygen atoms in total. The van der Waals surface area contributed by atoms with Crippen LogP contribution in [0.1, 0.15) is 30.9 Å². The number of hydrogen-bond acceptors (Lipinski definition) is 4. The zero-order valence-electron chi connectivity index (χ0n) is 11.7. The van der Waals surface area contributed by atoms with Gasteiger partial charge in [-0.3, -0.25) is 9.59 Å². The fraction of sp³-hybridized carbons (Fsp3) is 0.467. The molecule has 0 aliphatic carbocycles. The molecular weight excluding hydrogens is 260 g/mol. The lowest BCUT2D eigenvalue weighted by atomic mass is 10.2. The Morgan fingerprint density at radius 1 is 1.21 bits per heavy atom. The molecule has 0 spiro atoms. The highest BCUT2D eigenvalue weighted by Gasteiger charge is 2.09. The lowest BCUT2D eigenvalue weighted by molar-refractivity contribution is -0.144. The molecule has 0 bridgehead atoms. The van der Waals surface area contributed by atoms with E-state index in [4.69, 9.17) is 4.74 Å². The highest BCUT2D eigenvalue weighted by atomic mass is 32.2. The lowest BCUT2D eigenvalue weighted by Gasteiger charge is -2.06. The maximum Gasteiger partial charge on any atom is 0.306 e. The molecule has 0 aliphatic heterocycles. The van der Waals surface area contributed by atoms with Gasteiger partial charge in [-0.2, -0.15) is 0 Å². The molecule has 104 valence electrons. The third-order valence-corrected chi connectivity index (χ3v) is 3.87. The van der Waals surface area contributed by atoms with E-state index in [9.17, 15) is 9.59 Å². The van der Waals surface area contributed by atoms with Gasteiger partial charge in [0.15, 0.2) is 0 Å². The van der Waals surface area contributed by atoms with Crippen molar-refractivity contribution in [1.82, 2.24) is 0 Å². The first-order chi connectivity index (χ1) is 9.02. The Labute approximate surface area is 118 Å². The van der Waals surface area contributed by atoms with Gasteiger partial charge < -0.3 is 4.74 Å². The molecule has 1 aromatic rings. The highest BCUT2D eigenvalue weighted by molar-refractivity contribution is 8.00. The van der Waals surface area contributed by atoms with Gasteiger partial charge in [-0.15, -0.1) is 11.8 Å². The largest absolute Gasteiger partial charge is 0.466 e. The third-order valence-electron chi connectivity index (χ3n) is 2.63. The molecule has 0 aliphatic rings. The maximum atomic E-state index is 11.7. The second-order valence-electron chi connectivity index (χ2n) is 4.40. The number of ketones is 1. The van der Waals surface area contributed by atoms with Gasteiger partial charge in [0.2, 0.25) is 0 Å². The first-order valence-corrected chi connectivity index (χ1v) is 7.39. The van der Waals surface area contributed by atoms with E-state index in [0.717, 1.165) is 4.90 Å². The SMILES string of the molecule is CCOC(=O)CCC(=O)CSc1ccc(C)cc1C. The minimum Gasteiger partial charge on any atom is -0.466 e. The fourth-order valence-electron chi connectivity index (χ4n) is 1.67. The Morgan fingerprint density at radius 3 is 2.58 bits per heavy atom. The molecule has 0 saturated carbocycles. The fourth-order valence-corrected chi connectivity index (χ4v) is 2.58. The van der Waals surface area contributed by atoms with Crippen LogP contribution in [-0.4, -0.2) is 24.1 Å². The van der Waals surface area contributed by atoms with Crippen molar-refractivity contribution in [2.75, 3.05) is 12.4 Å². The molecule has 4 heteroatoms. The molecule has 1 rings (SSSR count). The zero-order chi connectivity index (χ0) is 14.3. The summed E-state index contributed by atoms with van der Waals surface area (Å²) >= 11 is 1.53. The number of thioether (sulfide) groups is 1. The number of ether oxygens (including phenoxy) is 1. The summed E-state index contributed by atoms with van der Waals surface area (Å²) in [6.45, 7) is 6.21. The van der Waals surface area contributed by atoms with Crippen LogP contribution in [0.4, 0.5) is 0 Å². The number of Topliss-reactive ketones (excluding diaryl/α,β-unsaturated/α-hetero) is 1. The summed E-state index contributed by atoms with van der Waals surface area (Å²) in [5, 5.41) is 0. The molecule has 0 unspecified atom stereocenters. The maximum absolute atomic E-state index is 11.7. The Balaban J connectivity index is 2.36. The Kier molecular flexibility index (Phi) is 6.64. The topological polar surface area (TPSA) is 43.4 Å². The van der Waals surface area contributed by atoms with Crippen LogP contribution in [-0.2, 0) is 14.3 Å². The number of esters is 1. The van der Waals surface area contributed by atoms with Gasteiger partial charge in [0.1, 0.15) is 5.78 Å². The van der Waals surface area contributed by atoms with Gasteiger partial charge in [-0.25, -0.2) is 0 Å². The first-order valence-electron chi connectivity index (χ1n) is 6.40. The number of aryl methyl sites for hydroxylation is 2. The van der Waals surface area contributed by atoms with Gasteiger partial charge >= 0.3 is 5.97 Å². The summed E-state index contributed by atoms with van der Waals surface area (Å²) < 4.78 is 4.79. The van der Waals surface area contributed by atoms with Crippen molar-refractivity contribution in [2.45, 2.75) is 38.5 Å². The normalized spacial score (nSPS) is 10.3. The Bertz CT molecular complexity index is 455. The van der Waals surface area contributed by atoms with Crippen LogP contribution in [0.2, 0.25) is 0 Å². The first kappa shape index (κ1) is 15.8. The predicted octanol–water partition coefficient (Wildman–Crippen LogP) is 3.31. The van der Waals surface area contributed by atoms with Crippen LogP contribution in [0.15, 0.2) is 23.1 Å². The van der Waals surface area contributed by atoms with Gasteiger partial charge in [-0.05, 0) is 32.4 Å². The van der Waals surface area contributed by atoms with Gasteiger partial charge in [0, 0.05) is 11.3 Å². The summed E-state index contributed by atoms with van der Waals surface area (Å²) in [6, 6.07) is 6.18. The lowest BCUT2D eigenvalue weighted by Crippen LogP contribution is -2.09. The van der Waals surface area contributed by atoms with Crippen molar-refractivity contribution >= 4 is 23.5 Å². The standard InChI is InChI=1S/C15H20O3S/c1-4-18-15(17)8-6-13(16)10-19-14-7-5-11(2)9-12(14)3/h5,7,9H,4,6,8,10H2,1-3H3. The molecule has 0 amide bonds. The molecule has 19 heavy (non-hydrogen) atoms. The van der Waals surface area contributed by atoms with Crippen LogP contribution in [0.3, 0.4) is 0 Å². The molecule has 1 aromatic carbocycles. The van der Waals surface area contributed by atoms with Gasteiger partial charge in [0.25, 0.3) is 0 Å². The predicted molar refractivity (Wildman–Crippen MR) is 77.5 cm³/mol. The van der Waals surface area contributed by atoms with Crippen LogP contribution >= 0.6 is 11.8 Å². The van der Waals surface area contributed by atoms with E-state index in [2.05, 4.69) is 6.07 Å². The van der Waals surface area contributed by atoms with Crippen molar-refractivity contribution in [2.24, 2.45) is 0 Å². The van der Waals surface area contributed by atoms with E-state index >= 15 is 0 Å². The number of hydrogen-bond donors (Lipinski definition) is 0. The minimum atomic E-state index is -0.299. The third kappa shape index (κ3) is 5.92. The van der Waals surface area contributed by atoms with Gasteiger partial charge in [-0.1, -0.05) is 17.7 Å². The molecule has 0 heterocycles. The summed E-state index contributed by atoms with van der Waals surface area (Å²) in [4.78, 5) is 23.9. The van der Waals surface area contributed by atoms with E-state index < -0.39 is 0 Å². The van der Waals surface area contributed by atoms with Crippen LogP contribution < -0.4 is 0 Å². The zero-order valence-corrected chi connectivity index (χ0v) is 12.5. The Morgan fingerprint density at radius 2 is 1.95 bits per heavy atom. The van der Waals surface area contributed by atoms with Crippen molar-refractivity contribution in [3.05, 3.63) is 29.3 Å². The van der Waals surface area contributed by atoms with Crippen molar-refractivity contribution < 1.29 is 14.3 Å². The molecule has 0 saturated heterocycles. The van der Waals surface area contributed by atoms with Gasteiger partial charge in [0.05, 0.1) is 18.8 Å². The quantitative estimate of drug-likeness (QED) is 0.568.